The number of benzene rings is 1. The van der Waals surface area contributed by atoms with Crippen molar-refractivity contribution in [2.45, 2.75) is 26.1 Å². The van der Waals surface area contributed by atoms with Crippen molar-refractivity contribution in [3.8, 4) is 0 Å². The van der Waals surface area contributed by atoms with Crippen LogP contribution in [0.3, 0.4) is 0 Å². The van der Waals surface area contributed by atoms with Crippen LogP contribution in [0.25, 0.3) is 0 Å². The van der Waals surface area contributed by atoms with Crippen molar-refractivity contribution in [3.63, 3.8) is 0 Å². The summed E-state index contributed by atoms with van der Waals surface area (Å²) in [5, 5.41) is 0. The van der Waals surface area contributed by atoms with E-state index in [2.05, 4.69) is 4.98 Å². The molecule has 1 aliphatic heterocycles. The Kier molecular flexibility index (Phi) is 4.97. The van der Waals surface area contributed by atoms with E-state index in [1.54, 1.807) is 15.8 Å². The first-order valence-corrected chi connectivity index (χ1v) is 9.25. The van der Waals surface area contributed by atoms with Crippen LogP contribution in [0, 0.1) is 0 Å². The van der Waals surface area contributed by atoms with E-state index in [4.69, 9.17) is 4.74 Å². The number of ether oxygens (including phenoxy) is 1. The van der Waals surface area contributed by atoms with Crippen molar-refractivity contribution in [3.05, 3.63) is 87.9 Å². The van der Waals surface area contributed by atoms with Crippen molar-refractivity contribution >= 4 is 6.09 Å². The lowest BCUT2D eigenvalue weighted by Crippen LogP contribution is -2.41. The fourth-order valence-corrected chi connectivity index (χ4v) is 3.37. The Morgan fingerprint density at radius 1 is 1.18 bits per heavy atom. The van der Waals surface area contributed by atoms with Gasteiger partial charge in [0.2, 0.25) is 0 Å². The summed E-state index contributed by atoms with van der Waals surface area (Å²) in [5.74, 6) is 0. The smallest absolute Gasteiger partial charge is 0.410 e. The van der Waals surface area contributed by atoms with E-state index in [9.17, 15) is 9.59 Å². The molecule has 2 aromatic heterocycles. The molecule has 7 heteroatoms. The molecule has 1 aromatic carbocycles. The van der Waals surface area contributed by atoms with Crippen LogP contribution in [0.1, 0.15) is 22.5 Å². The molecule has 0 bridgehead atoms. The van der Waals surface area contributed by atoms with Gasteiger partial charge in [-0.3, -0.25) is 9.36 Å². The van der Waals surface area contributed by atoms with Gasteiger partial charge in [-0.15, -0.1) is 0 Å². The zero-order valence-corrected chi connectivity index (χ0v) is 15.7. The van der Waals surface area contributed by atoms with Gasteiger partial charge in [0.05, 0.1) is 36.4 Å². The zero-order valence-electron chi connectivity index (χ0n) is 15.7. The maximum absolute atomic E-state index is 12.9. The Bertz CT molecular complexity index is 1040. The molecule has 1 aliphatic rings. The van der Waals surface area contributed by atoms with Crippen molar-refractivity contribution in [2.24, 2.45) is 7.05 Å². The van der Waals surface area contributed by atoms with E-state index in [-0.39, 0.29) is 18.7 Å². The predicted molar refractivity (Wildman–Crippen MR) is 104 cm³/mol. The summed E-state index contributed by atoms with van der Waals surface area (Å²) < 4.78 is 8.92. The minimum atomic E-state index is -0.412. The molecule has 0 N–H and O–H groups in total. The number of hydrogen-bond acceptors (Lipinski definition) is 4. The van der Waals surface area contributed by atoms with Gasteiger partial charge in [-0.2, -0.15) is 0 Å². The molecule has 4 rings (SSSR count). The van der Waals surface area contributed by atoms with Gasteiger partial charge in [-0.05, 0) is 17.7 Å². The summed E-state index contributed by atoms with van der Waals surface area (Å²) in [6.07, 6.45) is 3.64. The number of aromatic nitrogens is 3. The second kappa shape index (κ2) is 7.72. The van der Waals surface area contributed by atoms with Crippen LogP contribution in [0.15, 0.2) is 59.8 Å². The Hall–Kier alpha value is -3.35. The molecule has 0 spiro atoms. The first-order chi connectivity index (χ1) is 13.6. The van der Waals surface area contributed by atoms with Gasteiger partial charge >= 0.3 is 6.09 Å². The van der Waals surface area contributed by atoms with Gasteiger partial charge in [-0.25, -0.2) is 9.78 Å². The highest BCUT2D eigenvalue weighted by Gasteiger charge is 2.25. The third kappa shape index (κ3) is 3.69. The van der Waals surface area contributed by atoms with Crippen molar-refractivity contribution in [1.82, 2.24) is 19.0 Å². The fourth-order valence-electron chi connectivity index (χ4n) is 3.37. The van der Waals surface area contributed by atoms with Gasteiger partial charge in [0, 0.05) is 26.2 Å². The Morgan fingerprint density at radius 3 is 2.75 bits per heavy atom. The second-order valence-corrected chi connectivity index (χ2v) is 6.93. The number of fused-ring (bicyclic) bond motifs is 1. The van der Waals surface area contributed by atoms with E-state index < -0.39 is 6.09 Å². The second-order valence-electron chi connectivity index (χ2n) is 6.93. The lowest BCUT2D eigenvalue weighted by atomic mass is 10.1. The highest BCUT2D eigenvalue weighted by molar-refractivity contribution is 5.68. The van der Waals surface area contributed by atoms with Crippen LogP contribution >= 0.6 is 0 Å². The zero-order chi connectivity index (χ0) is 19.5. The normalized spacial score (nSPS) is 13.2. The fraction of sp³-hybridized carbons (Fsp3) is 0.286. The quantitative estimate of drug-likeness (QED) is 0.699. The summed E-state index contributed by atoms with van der Waals surface area (Å²) in [5.41, 5.74) is 3.17. The topological polar surface area (TPSA) is 69.4 Å². The highest BCUT2D eigenvalue weighted by Crippen LogP contribution is 2.15. The summed E-state index contributed by atoms with van der Waals surface area (Å²) in [4.78, 5) is 31.4. The number of aryl methyl sites for hydroxylation is 1. The summed E-state index contributed by atoms with van der Waals surface area (Å²) in [6, 6.07) is 13.6. The number of rotatable bonds is 4. The minimum Gasteiger partial charge on any atom is -0.443 e. The van der Waals surface area contributed by atoms with Gasteiger partial charge in [0.1, 0.15) is 6.61 Å². The number of carbonyl (C=O) groups is 1. The van der Waals surface area contributed by atoms with Crippen LogP contribution in [0.4, 0.5) is 4.79 Å². The Morgan fingerprint density at radius 2 is 2.00 bits per heavy atom. The van der Waals surface area contributed by atoms with E-state index in [1.807, 2.05) is 60.3 Å². The molecule has 144 valence electrons. The molecule has 0 unspecified atom stereocenters. The molecular weight excluding hydrogens is 356 g/mol. The molecule has 3 aromatic rings. The predicted octanol–water partition coefficient (Wildman–Crippen LogP) is 2.33. The van der Waals surface area contributed by atoms with Crippen LogP contribution in [-0.4, -0.2) is 31.7 Å². The van der Waals surface area contributed by atoms with Crippen LogP contribution in [0.5, 0.6) is 0 Å². The van der Waals surface area contributed by atoms with Gasteiger partial charge in [0.15, 0.2) is 0 Å². The first kappa shape index (κ1) is 18.0. The highest BCUT2D eigenvalue weighted by atomic mass is 16.6. The molecule has 28 heavy (non-hydrogen) atoms. The van der Waals surface area contributed by atoms with Gasteiger partial charge in [0.25, 0.3) is 5.56 Å². The molecule has 0 aliphatic carbocycles. The number of amides is 1. The molecule has 0 atom stereocenters. The molecule has 0 radical (unpaired) electrons. The Balaban J connectivity index is 1.47. The average Bonchev–Trinajstić information content (AvgIpc) is 3.13. The van der Waals surface area contributed by atoms with Crippen molar-refractivity contribution in [2.75, 3.05) is 6.54 Å². The number of carbonyl (C=O) groups excluding carboxylic acids is 1. The van der Waals surface area contributed by atoms with Crippen molar-refractivity contribution < 1.29 is 9.53 Å². The van der Waals surface area contributed by atoms with Crippen LogP contribution < -0.4 is 5.56 Å². The third-order valence-corrected chi connectivity index (χ3v) is 5.04. The number of hydrogen-bond donors (Lipinski definition) is 0. The molecule has 7 nitrogen and oxygen atoms in total. The monoisotopic (exact) mass is 378 g/mol. The summed E-state index contributed by atoms with van der Waals surface area (Å²) in [6.45, 7) is 1.38. The Labute approximate surface area is 162 Å². The van der Waals surface area contributed by atoms with Gasteiger partial charge < -0.3 is 14.2 Å². The van der Waals surface area contributed by atoms with Crippen molar-refractivity contribution in [1.29, 1.82) is 0 Å². The third-order valence-electron chi connectivity index (χ3n) is 5.04. The van der Waals surface area contributed by atoms with E-state index in [1.165, 1.54) is 0 Å². The summed E-state index contributed by atoms with van der Waals surface area (Å²) in [7, 11) is 1.90. The first-order valence-electron chi connectivity index (χ1n) is 9.25. The molecule has 1 amide bonds. The van der Waals surface area contributed by atoms with E-state index in [0.29, 0.717) is 25.1 Å². The molecule has 3 heterocycles. The summed E-state index contributed by atoms with van der Waals surface area (Å²) >= 11 is 0. The average molecular weight is 378 g/mol. The maximum Gasteiger partial charge on any atom is 0.410 e. The molecule has 0 saturated heterocycles. The van der Waals surface area contributed by atoms with Gasteiger partial charge in [-0.1, -0.05) is 30.3 Å². The van der Waals surface area contributed by atoms with E-state index in [0.717, 1.165) is 17.0 Å². The van der Waals surface area contributed by atoms with Crippen LogP contribution in [0.2, 0.25) is 0 Å². The molecule has 0 fully saturated rings. The largest absolute Gasteiger partial charge is 0.443 e. The molecular formula is C21H22N4O3. The maximum atomic E-state index is 12.9. The molecule has 0 saturated carbocycles. The van der Waals surface area contributed by atoms with E-state index >= 15 is 0 Å². The number of nitrogens with zero attached hydrogens (tertiary/aromatic N) is 4. The lowest BCUT2D eigenvalue weighted by Gasteiger charge is -2.27. The SMILES string of the molecule is Cn1cccc1COC(=O)N1CCc2ncn(Cc3ccccc3)c(=O)c2C1. The minimum absolute atomic E-state index is 0.103. The lowest BCUT2D eigenvalue weighted by molar-refractivity contribution is 0.0895. The van der Waals surface area contributed by atoms with Crippen LogP contribution in [-0.2, 0) is 37.9 Å². The standard InChI is InChI=1S/C21H22N4O3/c1-23-10-5-8-17(23)14-28-21(27)24-11-9-19-18(13-24)20(26)25(15-22-19)12-16-6-3-2-4-7-16/h2-8,10,15H,9,11-14H2,1H3.